The van der Waals surface area contributed by atoms with Gasteiger partial charge in [0, 0.05) is 18.2 Å². The Bertz CT molecular complexity index is 460. The minimum absolute atomic E-state index is 0.424. The van der Waals surface area contributed by atoms with Gasteiger partial charge in [0.25, 0.3) is 0 Å². The lowest BCUT2D eigenvalue weighted by Crippen LogP contribution is -2.40. The molecule has 2 atom stereocenters. The maximum Gasteiger partial charge on any atom is 0.119 e. The maximum atomic E-state index is 5.81. The van der Waals surface area contributed by atoms with E-state index in [1.807, 2.05) is 24.3 Å². The molecule has 0 aromatic heterocycles. The molecular weight excluding hydrogens is 280 g/mol. The van der Waals surface area contributed by atoms with Gasteiger partial charge < -0.3 is 10.5 Å². The zero-order chi connectivity index (χ0) is 15.2. The fraction of sp³-hybridized carbons (Fsp3) is 0.588. The average Bonchev–Trinajstić information content (AvgIpc) is 2.48. The van der Waals surface area contributed by atoms with Crippen LogP contribution in [0.25, 0.3) is 0 Å². The molecule has 0 aliphatic heterocycles. The number of likely N-dealkylation sites (N-methyl/N-ethyl adjacent to an activating group) is 1. The number of hydrogen-bond donors (Lipinski definition) is 1. The van der Waals surface area contributed by atoms with E-state index in [4.69, 9.17) is 22.7 Å². The number of ether oxygens (including phenoxy) is 1. The molecule has 3 nitrogen and oxygen atoms in total. The predicted octanol–water partition coefficient (Wildman–Crippen LogP) is 3.21. The van der Waals surface area contributed by atoms with Crippen molar-refractivity contribution in [3.63, 3.8) is 0 Å². The molecule has 1 aliphatic carbocycles. The van der Waals surface area contributed by atoms with Crippen LogP contribution in [0.5, 0.6) is 5.75 Å². The molecule has 2 rings (SSSR count). The van der Waals surface area contributed by atoms with Crippen LogP contribution in [0.3, 0.4) is 0 Å². The Labute approximate surface area is 133 Å². The second-order valence-electron chi connectivity index (χ2n) is 6.05. The molecule has 116 valence electrons. The standard InChI is InChI=1S/C17H26N2OS/c1-13-5-3-4-6-16(13)19(2)11-12-20-15-9-7-14(8-10-15)17(18)21/h7-10,13,16H,3-6,11-12H2,1-2H3,(H2,18,21). The summed E-state index contributed by atoms with van der Waals surface area (Å²) in [6.45, 7) is 4.05. The molecule has 0 radical (unpaired) electrons. The van der Waals surface area contributed by atoms with Crippen LogP contribution < -0.4 is 10.5 Å². The molecule has 2 unspecified atom stereocenters. The van der Waals surface area contributed by atoms with Gasteiger partial charge in [0.15, 0.2) is 0 Å². The first kappa shape index (κ1) is 16.2. The van der Waals surface area contributed by atoms with Crippen LogP contribution in [0.4, 0.5) is 0 Å². The zero-order valence-corrected chi connectivity index (χ0v) is 13.9. The first-order valence-electron chi connectivity index (χ1n) is 7.81. The molecule has 1 fully saturated rings. The highest BCUT2D eigenvalue weighted by molar-refractivity contribution is 7.80. The van der Waals surface area contributed by atoms with E-state index in [0.717, 1.165) is 23.8 Å². The molecule has 1 aromatic rings. The monoisotopic (exact) mass is 306 g/mol. The van der Waals surface area contributed by atoms with E-state index >= 15 is 0 Å². The molecule has 1 saturated carbocycles. The van der Waals surface area contributed by atoms with Gasteiger partial charge in [0.05, 0.1) is 0 Å². The quantitative estimate of drug-likeness (QED) is 0.819. The Hall–Kier alpha value is -1.13. The summed E-state index contributed by atoms with van der Waals surface area (Å²) >= 11 is 4.94. The van der Waals surface area contributed by atoms with E-state index in [2.05, 4.69) is 18.9 Å². The first-order chi connectivity index (χ1) is 10.1. The lowest BCUT2D eigenvalue weighted by Gasteiger charge is -2.36. The van der Waals surface area contributed by atoms with E-state index < -0.39 is 0 Å². The second-order valence-corrected chi connectivity index (χ2v) is 6.49. The van der Waals surface area contributed by atoms with Crippen LogP contribution in [0.2, 0.25) is 0 Å². The van der Waals surface area contributed by atoms with Gasteiger partial charge in [0.2, 0.25) is 0 Å². The Kier molecular flexibility index (Phi) is 6.00. The van der Waals surface area contributed by atoms with Crippen LogP contribution >= 0.6 is 12.2 Å². The summed E-state index contributed by atoms with van der Waals surface area (Å²) in [6, 6.07) is 8.38. The summed E-state index contributed by atoms with van der Waals surface area (Å²) < 4.78 is 5.81. The Morgan fingerprint density at radius 3 is 2.57 bits per heavy atom. The van der Waals surface area contributed by atoms with Gasteiger partial charge in [-0.05, 0) is 50.1 Å². The van der Waals surface area contributed by atoms with Gasteiger partial charge >= 0.3 is 0 Å². The highest BCUT2D eigenvalue weighted by atomic mass is 32.1. The van der Waals surface area contributed by atoms with Crippen molar-refractivity contribution in [2.45, 2.75) is 38.6 Å². The smallest absolute Gasteiger partial charge is 0.119 e. The summed E-state index contributed by atoms with van der Waals surface area (Å²) in [7, 11) is 2.21. The number of hydrogen-bond acceptors (Lipinski definition) is 3. The molecule has 0 spiro atoms. The SMILES string of the molecule is CC1CCCCC1N(C)CCOc1ccc(C(N)=S)cc1. The highest BCUT2D eigenvalue weighted by Crippen LogP contribution is 2.27. The number of rotatable bonds is 6. The normalized spacial score (nSPS) is 22.2. The summed E-state index contributed by atoms with van der Waals surface area (Å²) in [6.07, 6.45) is 5.43. The summed E-state index contributed by atoms with van der Waals surface area (Å²) in [4.78, 5) is 2.88. The fourth-order valence-electron chi connectivity index (χ4n) is 3.14. The Morgan fingerprint density at radius 2 is 1.95 bits per heavy atom. The maximum absolute atomic E-state index is 5.81. The van der Waals surface area contributed by atoms with Gasteiger partial charge in [-0.2, -0.15) is 0 Å². The van der Waals surface area contributed by atoms with Crippen molar-refractivity contribution in [2.24, 2.45) is 11.7 Å². The third-order valence-corrected chi connectivity index (χ3v) is 4.72. The molecule has 4 heteroatoms. The van der Waals surface area contributed by atoms with Crippen molar-refractivity contribution >= 4 is 17.2 Å². The average molecular weight is 306 g/mol. The van der Waals surface area contributed by atoms with Crippen molar-refractivity contribution in [1.82, 2.24) is 4.90 Å². The van der Waals surface area contributed by atoms with Crippen LogP contribution in [0.1, 0.15) is 38.2 Å². The lowest BCUT2D eigenvalue weighted by atomic mass is 9.85. The predicted molar refractivity (Wildman–Crippen MR) is 91.9 cm³/mol. The zero-order valence-electron chi connectivity index (χ0n) is 13.0. The molecule has 0 saturated heterocycles. The molecule has 21 heavy (non-hydrogen) atoms. The Balaban J connectivity index is 1.76. The van der Waals surface area contributed by atoms with Crippen LogP contribution in [0, 0.1) is 5.92 Å². The van der Waals surface area contributed by atoms with Crippen molar-refractivity contribution < 1.29 is 4.74 Å². The van der Waals surface area contributed by atoms with Gasteiger partial charge in [-0.15, -0.1) is 0 Å². The fourth-order valence-corrected chi connectivity index (χ4v) is 3.28. The van der Waals surface area contributed by atoms with Crippen molar-refractivity contribution in [3.05, 3.63) is 29.8 Å². The van der Waals surface area contributed by atoms with E-state index in [-0.39, 0.29) is 0 Å². The third kappa shape index (κ3) is 4.68. The van der Waals surface area contributed by atoms with Gasteiger partial charge in [0.1, 0.15) is 17.3 Å². The van der Waals surface area contributed by atoms with E-state index in [1.54, 1.807) is 0 Å². The van der Waals surface area contributed by atoms with Crippen LogP contribution in [0.15, 0.2) is 24.3 Å². The van der Waals surface area contributed by atoms with Crippen molar-refractivity contribution in [1.29, 1.82) is 0 Å². The third-order valence-electron chi connectivity index (χ3n) is 4.48. The van der Waals surface area contributed by atoms with Crippen molar-refractivity contribution in [3.8, 4) is 5.75 Å². The minimum atomic E-state index is 0.424. The van der Waals surface area contributed by atoms with Crippen molar-refractivity contribution in [2.75, 3.05) is 20.2 Å². The van der Waals surface area contributed by atoms with Crippen LogP contribution in [-0.4, -0.2) is 36.1 Å². The first-order valence-corrected chi connectivity index (χ1v) is 8.21. The summed E-state index contributed by atoms with van der Waals surface area (Å²) in [5, 5.41) is 0. The molecule has 1 aromatic carbocycles. The van der Waals surface area contributed by atoms with Crippen LogP contribution in [-0.2, 0) is 0 Å². The molecule has 0 heterocycles. The van der Waals surface area contributed by atoms with Gasteiger partial charge in [-0.3, -0.25) is 4.90 Å². The molecule has 0 amide bonds. The highest BCUT2D eigenvalue weighted by Gasteiger charge is 2.24. The van der Waals surface area contributed by atoms with E-state index in [0.29, 0.717) is 17.6 Å². The summed E-state index contributed by atoms with van der Waals surface area (Å²) in [5.74, 6) is 1.67. The molecule has 0 bridgehead atoms. The lowest BCUT2D eigenvalue weighted by molar-refractivity contribution is 0.120. The van der Waals surface area contributed by atoms with E-state index in [1.165, 1.54) is 25.7 Å². The number of thiocarbonyl (C=S) groups is 1. The number of nitrogens with two attached hydrogens (primary N) is 1. The number of benzene rings is 1. The summed E-state index contributed by atoms with van der Waals surface area (Å²) in [5.41, 5.74) is 6.46. The van der Waals surface area contributed by atoms with E-state index in [9.17, 15) is 0 Å². The second kappa shape index (κ2) is 7.76. The number of nitrogens with zero attached hydrogens (tertiary/aromatic N) is 1. The molecule has 2 N–H and O–H groups in total. The van der Waals surface area contributed by atoms with Gasteiger partial charge in [-0.1, -0.05) is 32.0 Å². The minimum Gasteiger partial charge on any atom is -0.492 e. The van der Waals surface area contributed by atoms with Gasteiger partial charge in [-0.25, -0.2) is 0 Å². The Morgan fingerprint density at radius 1 is 1.29 bits per heavy atom. The molecular formula is C17H26N2OS. The topological polar surface area (TPSA) is 38.5 Å². The molecule has 1 aliphatic rings. The largest absolute Gasteiger partial charge is 0.492 e.